The van der Waals surface area contributed by atoms with E-state index >= 15 is 0 Å². The fourth-order valence-corrected chi connectivity index (χ4v) is 1.70. The van der Waals surface area contributed by atoms with Gasteiger partial charge in [-0.3, -0.25) is 10.6 Å². The smallest absolute Gasteiger partial charge is 0.254 e. The summed E-state index contributed by atoms with van der Waals surface area (Å²) < 4.78 is 0. The third kappa shape index (κ3) is 3.43. The van der Waals surface area contributed by atoms with E-state index in [1.807, 2.05) is 6.92 Å². The number of aryl methyl sites for hydroxylation is 1. The molecule has 0 atom stereocenters. The van der Waals surface area contributed by atoms with Crippen LogP contribution in [0.4, 0.5) is 5.69 Å². The number of amides is 1. The van der Waals surface area contributed by atoms with E-state index in [0.29, 0.717) is 5.56 Å². The number of anilines is 1. The van der Waals surface area contributed by atoms with E-state index in [9.17, 15) is 4.79 Å². The molecular formula is C12H19N3O3. The number of aliphatic hydroxyl groups excluding tert-OH is 2. The van der Waals surface area contributed by atoms with E-state index in [1.54, 1.807) is 18.2 Å². The molecule has 0 aliphatic heterocycles. The minimum atomic E-state index is -0.218. The lowest BCUT2D eigenvalue weighted by molar-refractivity contribution is 0.0685. The molecule has 0 radical (unpaired) electrons. The van der Waals surface area contributed by atoms with Crippen molar-refractivity contribution in [1.82, 2.24) is 4.90 Å². The van der Waals surface area contributed by atoms with Gasteiger partial charge in [-0.05, 0) is 30.7 Å². The van der Waals surface area contributed by atoms with Gasteiger partial charge in [0.15, 0.2) is 0 Å². The first-order chi connectivity index (χ1) is 8.63. The second-order valence-corrected chi connectivity index (χ2v) is 3.91. The van der Waals surface area contributed by atoms with E-state index in [4.69, 9.17) is 16.1 Å². The SMILES string of the molecule is Cc1cc(C(=O)N(CCO)CCO)ccc1NN. The van der Waals surface area contributed by atoms with E-state index < -0.39 is 0 Å². The van der Waals surface area contributed by atoms with Crippen LogP contribution >= 0.6 is 0 Å². The van der Waals surface area contributed by atoms with Crippen molar-refractivity contribution in [3.8, 4) is 0 Å². The molecule has 0 fully saturated rings. The van der Waals surface area contributed by atoms with Crippen LogP contribution in [0.2, 0.25) is 0 Å². The molecule has 1 rings (SSSR count). The Hall–Kier alpha value is -1.63. The number of nitrogens with two attached hydrogens (primary N) is 1. The lowest BCUT2D eigenvalue weighted by Crippen LogP contribution is -2.35. The average Bonchev–Trinajstić information content (AvgIpc) is 2.37. The van der Waals surface area contributed by atoms with Crippen LogP contribution in [-0.2, 0) is 0 Å². The number of nitrogens with one attached hydrogen (secondary N) is 1. The van der Waals surface area contributed by atoms with Crippen LogP contribution in [0.15, 0.2) is 18.2 Å². The fraction of sp³-hybridized carbons (Fsp3) is 0.417. The van der Waals surface area contributed by atoms with Gasteiger partial charge in [0.2, 0.25) is 0 Å². The van der Waals surface area contributed by atoms with Gasteiger partial charge in [0.25, 0.3) is 5.91 Å². The monoisotopic (exact) mass is 253 g/mol. The minimum Gasteiger partial charge on any atom is -0.395 e. The van der Waals surface area contributed by atoms with Gasteiger partial charge in [0, 0.05) is 18.7 Å². The summed E-state index contributed by atoms with van der Waals surface area (Å²) in [5, 5.41) is 17.8. The summed E-state index contributed by atoms with van der Waals surface area (Å²) in [6.07, 6.45) is 0. The molecule has 1 aromatic carbocycles. The highest BCUT2D eigenvalue weighted by atomic mass is 16.3. The molecule has 0 heterocycles. The lowest BCUT2D eigenvalue weighted by atomic mass is 10.1. The van der Waals surface area contributed by atoms with Crippen LogP contribution < -0.4 is 11.3 Å². The van der Waals surface area contributed by atoms with Gasteiger partial charge in [-0.15, -0.1) is 0 Å². The Morgan fingerprint density at radius 1 is 1.33 bits per heavy atom. The van der Waals surface area contributed by atoms with E-state index in [0.717, 1.165) is 11.3 Å². The molecule has 6 nitrogen and oxygen atoms in total. The van der Waals surface area contributed by atoms with Crippen molar-refractivity contribution in [3.05, 3.63) is 29.3 Å². The Bertz CT molecular complexity index is 404. The molecule has 5 N–H and O–H groups in total. The van der Waals surface area contributed by atoms with Crippen molar-refractivity contribution in [3.63, 3.8) is 0 Å². The number of nitrogens with zero attached hydrogens (tertiary/aromatic N) is 1. The molecule has 0 spiro atoms. The molecule has 0 saturated heterocycles. The zero-order valence-corrected chi connectivity index (χ0v) is 10.4. The first-order valence-electron chi connectivity index (χ1n) is 5.72. The zero-order chi connectivity index (χ0) is 13.5. The van der Waals surface area contributed by atoms with Gasteiger partial charge in [0.1, 0.15) is 0 Å². The number of carbonyl (C=O) groups excluding carboxylic acids is 1. The van der Waals surface area contributed by atoms with Gasteiger partial charge < -0.3 is 20.5 Å². The molecule has 18 heavy (non-hydrogen) atoms. The van der Waals surface area contributed by atoms with Crippen molar-refractivity contribution in [2.75, 3.05) is 31.7 Å². The normalized spacial score (nSPS) is 10.2. The first kappa shape index (κ1) is 14.4. The molecule has 1 amide bonds. The van der Waals surface area contributed by atoms with Crippen molar-refractivity contribution < 1.29 is 15.0 Å². The van der Waals surface area contributed by atoms with Gasteiger partial charge in [-0.1, -0.05) is 0 Å². The summed E-state index contributed by atoms with van der Waals surface area (Å²) >= 11 is 0. The molecule has 0 saturated carbocycles. The highest BCUT2D eigenvalue weighted by Gasteiger charge is 2.15. The van der Waals surface area contributed by atoms with Crippen molar-refractivity contribution in [2.24, 2.45) is 5.84 Å². The van der Waals surface area contributed by atoms with Crippen molar-refractivity contribution >= 4 is 11.6 Å². The maximum Gasteiger partial charge on any atom is 0.254 e. The quantitative estimate of drug-likeness (QED) is 0.412. The van der Waals surface area contributed by atoms with Gasteiger partial charge in [0.05, 0.1) is 18.9 Å². The number of rotatable bonds is 6. The number of nitrogen functional groups attached to an aromatic ring is 1. The Labute approximate surface area is 106 Å². The summed E-state index contributed by atoms with van der Waals surface area (Å²) in [5.41, 5.74) is 4.65. The second kappa shape index (κ2) is 6.95. The van der Waals surface area contributed by atoms with Gasteiger partial charge >= 0.3 is 0 Å². The molecule has 1 aromatic rings. The van der Waals surface area contributed by atoms with Crippen LogP contribution in [0.5, 0.6) is 0 Å². The fourth-order valence-electron chi connectivity index (χ4n) is 1.70. The standard InChI is InChI=1S/C12H19N3O3/c1-9-8-10(2-3-11(9)14-13)12(18)15(4-6-16)5-7-17/h2-3,8,14,16-17H,4-7,13H2,1H3. The molecule has 0 bridgehead atoms. The lowest BCUT2D eigenvalue weighted by Gasteiger charge is -2.21. The predicted octanol–water partition coefficient (Wildman–Crippen LogP) is -0.293. The third-order valence-corrected chi connectivity index (χ3v) is 2.66. The van der Waals surface area contributed by atoms with Crippen LogP contribution in [0, 0.1) is 6.92 Å². The topological polar surface area (TPSA) is 98.8 Å². The summed E-state index contributed by atoms with van der Waals surface area (Å²) in [7, 11) is 0. The Morgan fingerprint density at radius 3 is 2.39 bits per heavy atom. The zero-order valence-electron chi connectivity index (χ0n) is 10.4. The largest absolute Gasteiger partial charge is 0.395 e. The summed E-state index contributed by atoms with van der Waals surface area (Å²) in [6.45, 7) is 1.99. The van der Waals surface area contributed by atoms with Gasteiger partial charge in [-0.25, -0.2) is 0 Å². The molecule has 100 valence electrons. The number of benzene rings is 1. The first-order valence-corrected chi connectivity index (χ1v) is 5.72. The van der Waals surface area contributed by atoms with Crippen molar-refractivity contribution in [2.45, 2.75) is 6.92 Å². The average molecular weight is 253 g/mol. The molecule has 0 unspecified atom stereocenters. The van der Waals surface area contributed by atoms with Gasteiger partial charge in [-0.2, -0.15) is 0 Å². The Morgan fingerprint density at radius 2 is 1.94 bits per heavy atom. The molecule has 0 aliphatic carbocycles. The summed E-state index contributed by atoms with van der Waals surface area (Å²) in [6, 6.07) is 5.10. The Kier molecular flexibility index (Phi) is 5.57. The highest BCUT2D eigenvalue weighted by molar-refractivity contribution is 5.95. The van der Waals surface area contributed by atoms with Crippen LogP contribution in [0.3, 0.4) is 0 Å². The number of hydrogen-bond acceptors (Lipinski definition) is 5. The second-order valence-electron chi connectivity index (χ2n) is 3.91. The predicted molar refractivity (Wildman–Crippen MR) is 69.1 cm³/mol. The van der Waals surface area contributed by atoms with Crippen molar-refractivity contribution in [1.29, 1.82) is 0 Å². The molecular weight excluding hydrogens is 234 g/mol. The van der Waals surface area contributed by atoms with E-state index in [1.165, 1.54) is 4.90 Å². The number of hydrogen-bond donors (Lipinski definition) is 4. The van der Waals surface area contributed by atoms with E-state index in [2.05, 4.69) is 5.43 Å². The van der Waals surface area contributed by atoms with Crippen LogP contribution in [0.1, 0.15) is 15.9 Å². The highest BCUT2D eigenvalue weighted by Crippen LogP contribution is 2.16. The van der Waals surface area contributed by atoms with Crippen LogP contribution in [-0.4, -0.2) is 47.3 Å². The minimum absolute atomic E-state index is 0.132. The number of hydrazine groups is 1. The Balaban J connectivity index is 2.90. The van der Waals surface area contributed by atoms with Crippen LogP contribution in [0.25, 0.3) is 0 Å². The maximum absolute atomic E-state index is 12.1. The maximum atomic E-state index is 12.1. The molecule has 0 aromatic heterocycles. The number of aliphatic hydroxyl groups is 2. The van der Waals surface area contributed by atoms with E-state index in [-0.39, 0.29) is 32.2 Å². The molecule has 6 heteroatoms. The summed E-state index contributed by atoms with van der Waals surface area (Å²) in [5.74, 6) is 5.10. The third-order valence-electron chi connectivity index (χ3n) is 2.66. The molecule has 0 aliphatic rings. The number of carbonyl (C=O) groups is 1. The summed E-state index contributed by atoms with van der Waals surface area (Å²) in [4.78, 5) is 13.5.